The lowest BCUT2D eigenvalue weighted by molar-refractivity contribution is -0.117. The first-order valence-electron chi connectivity index (χ1n) is 7.38. The van der Waals surface area contributed by atoms with Crippen LogP contribution >= 0.6 is 11.3 Å². The molecule has 5 heteroatoms. The first-order valence-corrected chi connectivity index (χ1v) is 8.26. The standard InChI is InChI=1S/C16H19N3OS/c20-12-16(7-2-1-3-8-16)11-13-5-4-6-14(18-13)19-15-17-9-10-21-15/h4-6,9-10,12H,1-3,7-8,11H2,(H,17,18,19). The minimum atomic E-state index is -0.203. The van der Waals surface area contributed by atoms with Gasteiger partial charge in [-0.25, -0.2) is 9.97 Å². The Kier molecular flexibility index (Phi) is 4.29. The third-order valence-electron chi connectivity index (χ3n) is 4.11. The maximum Gasteiger partial charge on any atom is 0.188 e. The van der Waals surface area contributed by atoms with Gasteiger partial charge in [0.1, 0.15) is 12.1 Å². The highest BCUT2D eigenvalue weighted by molar-refractivity contribution is 7.13. The molecule has 0 radical (unpaired) electrons. The van der Waals surface area contributed by atoms with E-state index in [4.69, 9.17) is 0 Å². The second-order valence-electron chi connectivity index (χ2n) is 5.69. The summed E-state index contributed by atoms with van der Waals surface area (Å²) in [5.41, 5.74) is 0.774. The van der Waals surface area contributed by atoms with Crippen LogP contribution in [0.25, 0.3) is 0 Å². The molecule has 0 amide bonds. The summed E-state index contributed by atoms with van der Waals surface area (Å²) in [6.07, 6.45) is 9.18. The fourth-order valence-corrected chi connectivity index (χ4v) is 3.53. The SMILES string of the molecule is O=CC1(Cc2cccc(Nc3nccs3)n2)CCCCC1. The molecule has 1 aliphatic rings. The molecule has 4 nitrogen and oxygen atoms in total. The molecule has 21 heavy (non-hydrogen) atoms. The van der Waals surface area contributed by atoms with Gasteiger partial charge in [0.25, 0.3) is 0 Å². The van der Waals surface area contributed by atoms with Gasteiger partial charge < -0.3 is 10.1 Å². The minimum absolute atomic E-state index is 0.203. The molecule has 2 heterocycles. The highest BCUT2D eigenvalue weighted by atomic mass is 32.1. The number of nitrogens with zero attached hydrogens (tertiary/aromatic N) is 2. The summed E-state index contributed by atoms with van der Waals surface area (Å²) in [6.45, 7) is 0. The molecule has 1 fully saturated rings. The predicted octanol–water partition coefficient (Wildman–Crippen LogP) is 3.97. The molecule has 1 N–H and O–H groups in total. The maximum absolute atomic E-state index is 11.6. The van der Waals surface area contributed by atoms with Gasteiger partial charge in [0, 0.05) is 29.1 Å². The van der Waals surface area contributed by atoms with E-state index in [1.807, 2.05) is 23.6 Å². The number of carbonyl (C=O) groups is 1. The Balaban J connectivity index is 1.74. The van der Waals surface area contributed by atoms with Crippen molar-refractivity contribution in [2.24, 2.45) is 5.41 Å². The average Bonchev–Trinajstić information content (AvgIpc) is 3.01. The number of nitrogens with one attached hydrogen (secondary N) is 1. The molecule has 2 aromatic rings. The first-order chi connectivity index (χ1) is 10.3. The van der Waals surface area contributed by atoms with E-state index in [0.717, 1.165) is 55.0 Å². The lowest BCUT2D eigenvalue weighted by Crippen LogP contribution is -2.28. The molecule has 0 spiro atoms. The van der Waals surface area contributed by atoms with E-state index in [1.54, 1.807) is 17.5 Å². The van der Waals surface area contributed by atoms with E-state index >= 15 is 0 Å². The van der Waals surface area contributed by atoms with Crippen LogP contribution in [0.4, 0.5) is 10.9 Å². The van der Waals surface area contributed by atoms with Gasteiger partial charge in [-0.3, -0.25) is 0 Å². The van der Waals surface area contributed by atoms with Crippen LogP contribution in [0.3, 0.4) is 0 Å². The molecule has 0 saturated heterocycles. The van der Waals surface area contributed by atoms with Crippen LogP contribution in [0.2, 0.25) is 0 Å². The quantitative estimate of drug-likeness (QED) is 0.849. The van der Waals surface area contributed by atoms with Crippen LogP contribution in [0.5, 0.6) is 0 Å². The van der Waals surface area contributed by atoms with E-state index in [1.165, 1.54) is 6.42 Å². The minimum Gasteiger partial charge on any atom is -0.316 e. The number of hydrogen-bond acceptors (Lipinski definition) is 5. The third kappa shape index (κ3) is 3.47. The van der Waals surface area contributed by atoms with Crippen LogP contribution in [0, 0.1) is 5.41 Å². The summed E-state index contributed by atoms with van der Waals surface area (Å²) in [4.78, 5) is 20.4. The maximum atomic E-state index is 11.6. The molecule has 110 valence electrons. The van der Waals surface area contributed by atoms with Crippen LogP contribution in [0.1, 0.15) is 37.8 Å². The van der Waals surface area contributed by atoms with Crippen molar-refractivity contribution in [2.75, 3.05) is 5.32 Å². The molecular weight excluding hydrogens is 282 g/mol. The van der Waals surface area contributed by atoms with Gasteiger partial charge in [-0.15, -0.1) is 11.3 Å². The smallest absolute Gasteiger partial charge is 0.188 e. The van der Waals surface area contributed by atoms with Crippen LogP contribution in [-0.2, 0) is 11.2 Å². The Bertz CT molecular complexity index is 591. The third-order valence-corrected chi connectivity index (χ3v) is 4.80. The van der Waals surface area contributed by atoms with Crippen molar-refractivity contribution in [2.45, 2.75) is 38.5 Å². The molecule has 0 atom stereocenters. The Morgan fingerprint density at radius 2 is 2.14 bits per heavy atom. The van der Waals surface area contributed by atoms with Crippen molar-refractivity contribution < 1.29 is 4.79 Å². The summed E-state index contributed by atoms with van der Waals surface area (Å²) in [7, 11) is 0. The number of anilines is 2. The van der Waals surface area contributed by atoms with Gasteiger partial charge in [0.05, 0.1) is 0 Å². The van der Waals surface area contributed by atoms with Gasteiger partial charge in [0.15, 0.2) is 5.13 Å². The lowest BCUT2D eigenvalue weighted by atomic mass is 9.72. The number of aromatic nitrogens is 2. The largest absolute Gasteiger partial charge is 0.316 e. The number of pyridine rings is 1. The van der Waals surface area contributed by atoms with Gasteiger partial charge in [-0.05, 0) is 25.0 Å². The predicted molar refractivity (Wildman–Crippen MR) is 84.9 cm³/mol. The van der Waals surface area contributed by atoms with Crippen molar-refractivity contribution >= 4 is 28.6 Å². The normalized spacial score (nSPS) is 17.3. The summed E-state index contributed by atoms with van der Waals surface area (Å²) >= 11 is 1.54. The molecular formula is C16H19N3OS. The van der Waals surface area contributed by atoms with Gasteiger partial charge in [-0.1, -0.05) is 25.3 Å². The van der Waals surface area contributed by atoms with Crippen LogP contribution < -0.4 is 5.32 Å². The Morgan fingerprint density at radius 1 is 1.29 bits per heavy atom. The Morgan fingerprint density at radius 3 is 2.86 bits per heavy atom. The first kappa shape index (κ1) is 14.2. The number of hydrogen-bond donors (Lipinski definition) is 1. The summed E-state index contributed by atoms with van der Waals surface area (Å²) < 4.78 is 0. The second-order valence-corrected chi connectivity index (χ2v) is 6.59. The summed E-state index contributed by atoms with van der Waals surface area (Å²) in [6, 6.07) is 5.92. The van der Waals surface area contributed by atoms with Crippen molar-refractivity contribution in [1.82, 2.24) is 9.97 Å². The average molecular weight is 301 g/mol. The lowest BCUT2D eigenvalue weighted by Gasteiger charge is -2.31. The van der Waals surface area contributed by atoms with E-state index in [-0.39, 0.29) is 5.41 Å². The molecule has 0 bridgehead atoms. The fraction of sp³-hybridized carbons (Fsp3) is 0.438. The molecule has 0 aromatic carbocycles. The van der Waals surface area contributed by atoms with E-state index in [0.29, 0.717) is 0 Å². The molecule has 0 unspecified atom stereocenters. The van der Waals surface area contributed by atoms with Gasteiger partial charge in [-0.2, -0.15) is 0 Å². The van der Waals surface area contributed by atoms with Gasteiger partial charge in [0.2, 0.25) is 0 Å². The van der Waals surface area contributed by atoms with Crippen molar-refractivity contribution in [3.05, 3.63) is 35.5 Å². The van der Waals surface area contributed by atoms with Crippen molar-refractivity contribution in [3.63, 3.8) is 0 Å². The van der Waals surface area contributed by atoms with E-state index < -0.39 is 0 Å². The Hall–Kier alpha value is -1.75. The highest BCUT2D eigenvalue weighted by Crippen LogP contribution is 2.37. The van der Waals surface area contributed by atoms with E-state index in [9.17, 15) is 4.79 Å². The zero-order valence-electron chi connectivity index (χ0n) is 11.9. The van der Waals surface area contributed by atoms with E-state index in [2.05, 4.69) is 15.3 Å². The topological polar surface area (TPSA) is 54.9 Å². The zero-order chi connectivity index (χ0) is 14.5. The van der Waals surface area contributed by atoms with Crippen molar-refractivity contribution in [3.8, 4) is 0 Å². The molecule has 1 aliphatic carbocycles. The number of thiazole rings is 1. The number of aldehydes is 1. The molecule has 3 rings (SSSR count). The molecule has 1 saturated carbocycles. The molecule has 2 aromatic heterocycles. The van der Waals surface area contributed by atoms with Crippen LogP contribution in [-0.4, -0.2) is 16.3 Å². The summed E-state index contributed by atoms with van der Waals surface area (Å²) in [5.74, 6) is 0.791. The van der Waals surface area contributed by atoms with Crippen LogP contribution in [0.15, 0.2) is 29.8 Å². The molecule has 0 aliphatic heterocycles. The second kappa shape index (κ2) is 6.35. The summed E-state index contributed by atoms with van der Waals surface area (Å²) in [5, 5.41) is 5.96. The fourth-order valence-electron chi connectivity index (χ4n) is 3.00. The Labute approximate surface area is 128 Å². The number of rotatable bonds is 5. The van der Waals surface area contributed by atoms with Gasteiger partial charge >= 0.3 is 0 Å². The monoisotopic (exact) mass is 301 g/mol. The van der Waals surface area contributed by atoms with Crippen molar-refractivity contribution in [1.29, 1.82) is 0 Å². The zero-order valence-corrected chi connectivity index (χ0v) is 12.7. The number of carbonyl (C=O) groups excluding carboxylic acids is 1. The highest BCUT2D eigenvalue weighted by Gasteiger charge is 2.32.